The average Bonchev–Trinajstić information content (AvgIpc) is 3.17. The third kappa shape index (κ3) is 32.3. The molecule has 55 heavy (non-hydrogen) atoms. The normalized spacial score (nSPS) is 11.7. The number of aromatic hydroxyl groups is 1. The molecule has 2 aromatic rings. The third-order valence-corrected chi connectivity index (χ3v) is 7.41. The molecule has 0 bridgehead atoms. The van der Waals surface area contributed by atoms with E-state index in [1.165, 1.54) is 5.56 Å². The summed E-state index contributed by atoms with van der Waals surface area (Å²) in [6, 6.07) is 15.2. The van der Waals surface area contributed by atoms with E-state index in [9.17, 15) is 13.5 Å². The van der Waals surface area contributed by atoms with Crippen LogP contribution in [0.4, 0.5) is 0 Å². The van der Waals surface area contributed by atoms with Crippen LogP contribution < -0.4 is 4.74 Å². The maximum absolute atomic E-state index is 10.4. The first-order chi connectivity index (χ1) is 26.9. The van der Waals surface area contributed by atoms with Gasteiger partial charge in [0.1, 0.15) is 18.1 Å². The fourth-order valence-electron chi connectivity index (χ4n) is 4.27. The average molecular weight is 809 g/mol. The molecule has 0 aliphatic heterocycles. The van der Waals surface area contributed by atoms with Gasteiger partial charge in [0.05, 0.1) is 152 Å². The highest BCUT2D eigenvalue weighted by molar-refractivity contribution is 7.80. The minimum Gasteiger partial charge on any atom is -0.508 e. The van der Waals surface area contributed by atoms with Crippen LogP contribution in [0, 0.1) is 0 Å². The van der Waals surface area contributed by atoms with Gasteiger partial charge in [0.2, 0.25) is 0 Å². The molecule has 2 aromatic carbocycles. The van der Waals surface area contributed by atoms with E-state index in [1.807, 2.05) is 36.4 Å². The Balaban J connectivity index is 1.17. The van der Waals surface area contributed by atoms with Crippen LogP contribution in [-0.4, -0.2) is 177 Å². The van der Waals surface area contributed by atoms with Gasteiger partial charge in [0.15, 0.2) is 0 Å². The first kappa shape index (κ1) is 48.6. The zero-order chi connectivity index (χ0) is 39.3. The fourth-order valence-corrected chi connectivity index (χ4v) is 4.55. The molecule has 0 saturated heterocycles. The van der Waals surface area contributed by atoms with Crippen molar-refractivity contribution in [1.29, 1.82) is 0 Å². The van der Waals surface area contributed by atoms with E-state index < -0.39 is 10.4 Å². The predicted molar refractivity (Wildman–Crippen MR) is 199 cm³/mol. The van der Waals surface area contributed by atoms with Crippen LogP contribution in [0.15, 0.2) is 48.5 Å². The lowest BCUT2D eigenvalue weighted by molar-refractivity contribution is -0.0279. The Kier molecular flexibility index (Phi) is 30.7. The quantitative estimate of drug-likeness (QED) is 0.0735. The maximum atomic E-state index is 10.4. The second-order valence-electron chi connectivity index (χ2n) is 11.3. The van der Waals surface area contributed by atoms with Gasteiger partial charge in [-0.3, -0.25) is 4.55 Å². The molecule has 0 aromatic heterocycles. The largest absolute Gasteiger partial charge is 0.508 e. The van der Waals surface area contributed by atoms with Gasteiger partial charge in [-0.2, -0.15) is 8.42 Å². The molecule has 0 unspecified atom stereocenters. The molecule has 2 rings (SSSR count). The maximum Gasteiger partial charge on any atom is 0.397 e. The molecule has 18 heteroatoms. The van der Waals surface area contributed by atoms with E-state index >= 15 is 0 Å². The second kappa shape index (κ2) is 34.7. The van der Waals surface area contributed by atoms with E-state index in [4.69, 9.17) is 61.4 Å². The summed E-state index contributed by atoms with van der Waals surface area (Å²) >= 11 is 0. The van der Waals surface area contributed by atoms with E-state index in [0.29, 0.717) is 139 Å². The summed E-state index contributed by atoms with van der Waals surface area (Å²) in [5.41, 5.74) is 2.31. The van der Waals surface area contributed by atoms with Crippen molar-refractivity contribution in [3.05, 3.63) is 59.7 Å². The number of hydrogen-bond donors (Lipinski definition) is 2. The van der Waals surface area contributed by atoms with Crippen molar-refractivity contribution in [2.75, 3.05) is 159 Å². The van der Waals surface area contributed by atoms with E-state index in [-0.39, 0.29) is 25.6 Å². The second-order valence-corrected chi connectivity index (χ2v) is 12.4. The molecule has 0 amide bonds. The van der Waals surface area contributed by atoms with Crippen LogP contribution in [0.1, 0.15) is 11.1 Å². The van der Waals surface area contributed by atoms with Gasteiger partial charge < -0.3 is 61.9 Å². The number of hydrogen-bond acceptors (Lipinski definition) is 16. The molecular weight excluding hydrogens is 748 g/mol. The predicted octanol–water partition coefficient (Wildman–Crippen LogP) is 2.36. The summed E-state index contributed by atoms with van der Waals surface area (Å²) < 4.78 is 98.6. The molecule has 0 fully saturated rings. The molecule has 0 aliphatic carbocycles. The number of rotatable bonds is 40. The van der Waals surface area contributed by atoms with Crippen molar-refractivity contribution in [2.45, 2.75) is 6.42 Å². The Morgan fingerprint density at radius 3 is 0.909 bits per heavy atom. The minimum atomic E-state index is -4.43. The number of phenols is 1. The van der Waals surface area contributed by atoms with Gasteiger partial charge in [0.25, 0.3) is 0 Å². The first-order valence-electron chi connectivity index (χ1n) is 18.4. The topological polar surface area (TPSA) is 195 Å². The van der Waals surface area contributed by atoms with Crippen molar-refractivity contribution < 1.29 is 79.1 Å². The molecule has 2 N–H and O–H groups in total. The summed E-state index contributed by atoms with van der Waals surface area (Å²) in [5, 5.41) is 9.41. The summed E-state index contributed by atoms with van der Waals surface area (Å²) in [5.74, 6) is 1.06. The molecule has 0 radical (unpaired) electrons. The first-order valence-corrected chi connectivity index (χ1v) is 19.8. The minimum absolute atomic E-state index is 0.0265. The van der Waals surface area contributed by atoms with Crippen LogP contribution in [0.3, 0.4) is 0 Å². The van der Waals surface area contributed by atoms with Crippen LogP contribution in [-0.2, 0) is 73.1 Å². The van der Waals surface area contributed by atoms with E-state index in [0.717, 1.165) is 17.7 Å². The Morgan fingerprint density at radius 2 is 0.618 bits per heavy atom. The van der Waals surface area contributed by atoms with Gasteiger partial charge in [0, 0.05) is 0 Å². The van der Waals surface area contributed by atoms with Crippen molar-refractivity contribution in [3.63, 3.8) is 0 Å². The lowest BCUT2D eigenvalue weighted by atomic mass is 10.0. The van der Waals surface area contributed by atoms with Crippen molar-refractivity contribution >= 4 is 10.4 Å². The molecule has 0 atom stereocenters. The van der Waals surface area contributed by atoms with Crippen LogP contribution >= 0.6 is 0 Å². The zero-order valence-electron chi connectivity index (χ0n) is 31.7. The van der Waals surface area contributed by atoms with Gasteiger partial charge in [-0.05, 0) is 41.8 Å². The molecule has 0 aliphatic rings. The molecule has 316 valence electrons. The van der Waals surface area contributed by atoms with Gasteiger partial charge >= 0.3 is 10.4 Å². The molecule has 0 saturated carbocycles. The van der Waals surface area contributed by atoms with Gasteiger partial charge in [-0.25, -0.2) is 4.18 Å². The lowest BCUT2D eigenvalue weighted by Crippen LogP contribution is -2.15. The summed E-state index contributed by atoms with van der Waals surface area (Å²) in [4.78, 5) is 0. The highest BCUT2D eigenvalue weighted by Crippen LogP contribution is 2.17. The van der Waals surface area contributed by atoms with Crippen LogP contribution in [0.5, 0.6) is 11.5 Å². The lowest BCUT2D eigenvalue weighted by Gasteiger charge is -2.09. The summed E-state index contributed by atoms with van der Waals surface area (Å²) in [6.45, 7) is 9.63. The van der Waals surface area contributed by atoms with Gasteiger partial charge in [-0.15, -0.1) is 0 Å². The Hall–Kier alpha value is -2.53. The highest BCUT2D eigenvalue weighted by atomic mass is 32.3. The number of ether oxygens (including phenoxy) is 12. The molecule has 0 heterocycles. The zero-order valence-corrected chi connectivity index (χ0v) is 32.5. The standard InChI is InChI=1S/C37H60O17S/c38-36-5-1-34(2-6-36)33-35-3-7-37(8-4-35)53-31-29-51-27-25-49-23-21-47-19-17-45-15-13-43-11-9-42-10-12-44-14-16-46-18-20-48-22-24-50-26-28-52-30-32-54-55(39,40)41/h1-8,38H,9-33H2,(H,39,40,41). The fraction of sp³-hybridized carbons (Fsp3) is 0.676. The van der Waals surface area contributed by atoms with Crippen LogP contribution in [0.25, 0.3) is 0 Å². The number of benzene rings is 2. The van der Waals surface area contributed by atoms with E-state index in [1.54, 1.807) is 12.1 Å². The Labute approximate surface area is 325 Å². The summed E-state index contributed by atoms with van der Waals surface area (Å²) in [6.07, 6.45) is 0.795. The van der Waals surface area contributed by atoms with Crippen molar-refractivity contribution in [3.8, 4) is 11.5 Å². The van der Waals surface area contributed by atoms with E-state index in [2.05, 4.69) is 4.18 Å². The molecule has 0 spiro atoms. The third-order valence-electron chi connectivity index (χ3n) is 6.94. The Morgan fingerprint density at radius 1 is 0.364 bits per heavy atom. The summed E-state index contributed by atoms with van der Waals surface area (Å²) in [7, 11) is -4.43. The Bertz CT molecular complexity index is 1240. The van der Waals surface area contributed by atoms with Crippen molar-refractivity contribution in [1.82, 2.24) is 0 Å². The smallest absolute Gasteiger partial charge is 0.397 e. The number of phenolic OH excluding ortho intramolecular Hbond substituents is 1. The highest BCUT2D eigenvalue weighted by Gasteiger charge is 2.03. The monoisotopic (exact) mass is 808 g/mol. The van der Waals surface area contributed by atoms with Gasteiger partial charge in [-0.1, -0.05) is 24.3 Å². The molecule has 17 nitrogen and oxygen atoms in total. The SMILES string of the molecule is O=S(=O)(O)OCCOCCOCCOCCOCCOCCOCCOCCOCCOCCOCCOCCOc1ccc(Cc2ccc(O)cc2)cc1. The molecular formula is C37H60O17S. The van der Waals surface area contributed by atoms with Crippen molar-refractivity contribution in [2.24, 2.45) is 0 Å². The van der Waals surface area contributed by atoms with Crippen LogP contribution in [0.2, 0.25) is 0 Å².